The van der Waals surface area contributed by atoms with E-state index >= 15 is 0 Å². The molecule has 1 fully saturated rings. The minimum atomic E-state index is -0.438. The van der Waals surface area contributed by atoms with Gasteiger partial charge in [-0.1, -0.05) is 24.3 Å². The number of nitrogens with one attached hydrogen (secondary N) is 2. The summed E-state index contributed by atoms with van der Waals surface area (Å²) in [7, 11) is 0. The molecule has 0 aliphatic carbocycles. The highest BCUT2D eigenvalue weighted by molar-refractivity contribution is 5.93. The van der Waals surface area contributed by atoms with E-state index in [1.807, 2.05) is 18.5 Å². The molecule has 9 nitrogen and oxygen atoms in total. The van der Waals surface area contributed by atoms with E-state index in [-0.39, 0.29) is 23.7 Å². The van der Waals surface area contributed by atoms with Crippen molar-refractivity contribution in [3.8, 4) is 0 Å². The van der Waals surface area contributed by atoms with Crippen molar-refractivity contribution in [2.75, 3.05) is 13.1 Å². The Morgan fingerprint density at radius 2 is 2.19 bits per heavy atom. The Bertz CT molecular complexity index is 828. The number of piperidine rings is 1. The molecule has 0 bridgehead atoms. The van der Waals surface area contributed by atoms with Crippen LogP contribution in [0.15, 0.2) is 24.3 Å². The molecule has 1 atom stereocenters. The molecule has 1 unspecified atom stereocenters. The monoisotopic (exact) mass is 372 g/mol. The Kier molecular flexibility index (Phi) is 5.80. The smallest absolute Gasteiger partial charge is 0.274 e. The van der Waals surface area contributed by atoms with Crippen LogP contribution in [0.25, 0.3) is 0 Å². The third-order valence-electron chi connectivity index (χ3n) is 4.99. The van der Waals surface area contributed by atoms with Crippen LogP contribution in [0.1, 0.15) is 60.0 Å². The maximum absolute atomic E-state index is 12.7. The van der Waals surface area contributed by atoms with Gasteiger partial charge in [-0.2, -0.15) is 0 Å². The number of nitrogens with zero attached hydrogens (tertiary/aromatic N) is 4. The zero-order valence-corrected chi connectivity index (χ0v) is 15.5. The van der Waals surface area contributed by atoms with E-state index in [2.05, 4.69) is 20.9 Å². The first-order valence-electron chi connectivity index (χ1n) is 9.19. The molecule has 144 valence electrons. The summed E-state index contributed by atoms with van der Waals surface area (Å²) >= 11 is 0. The lowest BCUT2D eigenvalue weighted by atomic mass is 10.0. The molecule has 0 saturated carbocycles. The quantitative estimate of drug-likeness (QED) is 0.594. The number of benzene rings is 1. The van der Waals surface area contributed by atoms with Crippen LogP contribution in [-0.2, 0) is 0 Å². The fourth-order valence-corrected chi connectivity index (χ4v) is 3.45. The number of nitro groups is 1. The van der Waals surface area contributed by atoms with E-state index < -0.39 is 4.92 Å². The van der Waals surface area contributed by atoms with Crippen molar-refractivity contribution in [2.24, 2.45) is 0 Å². The second-order valence-electron chi connectivity index (χ2n) is 6.74. The third-order valence-corrected chi connectivity index (χ3v) is 4.99. The molecular formula is C18H24N6O3. The molecule has 1 aromatic heterocycles. The molecule has 1 aliphatic heterocycles. The highest BCUT2D eigenvalue weighted by Gasteiger charge is 2.24. The number of hydrogen-bond donors (Lipinski definition) is 2. The predicted octanol–water partition coefficient (Wildman–Crippen LogP) is 2.30. The number of aromatic nitrogens is 3. The van der Waals surface area contributed by atoms with Gasteiger partial charge in [0.2, 0.25) is 0 Å². The van der Waals surface area contributed by atoms with Gasteiger partial charge in [-0.25, -0.2) is 4.68 Å². The van der Waals surface area contributed by atoms with Crippen molar-refractivity contribution in [1.29, 1.82) is 0 Å². The number of rotatable bonds is 6. The number of amides is 1. The van der Waals surface area contributed by atoms with E-state index in [9.17, 15) is 14.9 Å². The van der Waals surface area contributed by atoms with Crippen LogP contribution >= 0.6 is 0 Å². The summed E-state index contributed by atoms with van der Waals surface area (Å²) in [6.07, 6.45) is 2.52. The molecule has 1 aromatic carbocycles. The van der Waals surface area contributed by atoms with Gasteiger partial charge >= 0.3 is 0 Å². The summed E-state index contributed by atoms with van der Waals surface area (Å²) in [5.41, 5.74) is 1.75. The van der Waals surface area contributed by atoms with Crippen LogP contribution in [-0.4, -0.2) is 38.9 Å². The van der Waals surface area contributed by atoms with Crippen molar-refractivity contribution >= 4 is 11.6 Å². The molecule has 27 heavy (non-hydrogen) atoms. The molecule has 2 N–H and O–H groups in total. The maximum Gasteiger partial charge on any atom is 0.274 e. The van der Waals surface area contributed by atoms with Gasteiger partial charge in [0.25, 0.3) is 11.6 Å². The van der Waals surface area contributed by atoms with Crippen molar-refractivity contribution in [3.05, 3.63) is 51.3 Å². The number of non-ortho nitro benzene ring substituents is 1. The minimum Gasteiger partial charge on any atom is -0.344 e. The number of hydrogen-bond acceptors (Lipinski definition) is 6. The molecular weight excluding hydrogens is 348 g/mol. The van der Waals surface area contributed by atoms with Crippen molar-refractivity contribution in [3.63, 3.8) is 0 Å². The topological polar surface area (TPSA) is 115 Å². The third kappa shape index (κ3) is 4.13. The molecule has 3 rings (SSSR count). The summed E-state index contributed by atoms with van der Waals surface area (Å²) in [5.74, 6) is -0.314. The van der Waals surface area contributed by atoms with Gasteiger partial charge in [0.15, 0.2) is 5.69 Å². The van der Waals surface area contributed by atoms with E-state index in [1.54, 1.807) is 12.1 Å². The highest BCUT2D eigenvalue weighted by Crippen LogP contribution is 2.23. The largest absolute Gasteiger partial charge is 0.344 e. The fourth-order valence-electron chi connectivity index (χ4n) is 3.45. The van der Waals surface area contributed by atoms with Crippen LogP contribution in [0.2, 0.25) is 0 Å². The van der Waals surface area contributed by atoms with Crippen LogP contribution < -0.4 is 10.6 Å². The summed E-state index contributed by atoms with van der Waals surface area (Å²) in [6, 6.07) is 6.25. The Labute approximate surface area is 157 Å². The number of carbonyl (C=O) groups is 1. The Morgan fingerprint density at radius 1 is 1.44 bits per heavy atom. The Morgan fingerprint density at radius 3 is 2.85 bits per heavy atom. The first-order valence-corrected chi connectivity index (χ1v) is 9.19. The minimum absolute atomic E-state index is 0.00762. The van der Waals surface area contributed by atoms with Gasteiger partial charge in [-0.05, 0) is 44.8 Å². The summed E-state index contributed by atoms with van der Waals surface area (Å²) in [5, 5.41) is 25.5. The second-order valence-corrected chi connectivity index (χ2v) is 6.74. The SMILES string of the molecule is CCC(NC(=O)c1nnn(C2CCNCC2)c1C)c1cccc([N+](=O)[O-])c1. The molecule has 0 radical (unpaired) electrons. The zero-order valence-electron chi connectivity index (χ0n) is 15.5. The van der Waals surface area contributed by atoms with Gasteiger partial charge in [0.05, 0.1) is 22.7 Å². The van der Waals surface area contributed by atoms with Crippen molar-refractivity contribution in [1.82, 2.24) is 25.6 Å². The first-order chi connectivity index (χ1) is 13.0. The van der Waals surface area contributed by atoms with Crippen LogP contribution in [0.5, 0.6) is 0 Å². The average Bonchev–Trinajstić information content (AvgIpc) is 3.08. The van der Waals surface area contributed by atoms with Crippen LogP contribution in [0.3, 0.4) is 0 Å². The van der Waals surface area contributed by atoms with Gasteiger partial charge < -0.3 is 10.6 Å². The van der Waals surface area contributed by atoms with E-state index in [0.29, 0.717) is 17.7 Å². The lowest BCUT2D eigenvalue weighted by molar-refractivity contribution is -0.384. The average molecular weight is 372 g/mol. The van der Waals surface area contributed by atoms with Gasteiger partial charge in [0, 0.05) is 12.1 Å². The van der Waals surface area contributed by atoms with Crippen molar-refractivity contribution < 1.29 is 9.72 Å². The summed E-state index contributed by atoms with van der Waals surface area (Å²) < 4.78 is 1.84. The van der Waals surface area contributed by atoms with Crippen LogP contribution in [0.4, 0.5) is 5.69 Å². The normalized spacial score (nSPS) is 16.1. The molecule has 2 heterocycles. The maximum atomic E-state index is 12.7. The summed E-state index contributed by atoms with van der Waals surface area (Å²) in [4.78, 5) is 23.3. The molecule has 0 spiro atoms. The lowest BCUT2D eigenvalue weighted by Gasteiger charge is -2.23. The summed E-state index contributed by atoms with van der Waals surface area (Å²) in [6.45, 7) is 5.63. The van der Waals surface area contributed by atoms with E-state index in [1.165, 1.54) is 12.1 Å². The van der Waals surface area contributed by atoms with E-state index in [0.717, 1.165) is 31.6 Å². The number of carbonyl (C=O) groups excluding carboxylic acids is 1. The zero-order chi connectivity index (χ0) is 19.4. The number of nitro benzene ring substituents is 1. The molecule has 1 saturated heterocycles. The fraction of sp³-hybridized carbons (Fsp3) is 0.500. The Balaban J connectivity index is 1.76. The van der Waals surface area contributed by atoms with Gasteiger partial charge in [-0.15, -0.1) is 5.10 Å². The lowest BCUT2D eigenvalue weighted by Crippen LogP contribution is -2.31. The standard InChI is InChI=1S/C18H24N6O3/c1-3-16(13-5-4-6-15(11-13)24(26)27)20-18(25)17-12(2)23(22-21-17)14-7-9-19-10-8-14/h4-6,11,14,16,19H,3,7-10H2,1-2H3,(H,20,25). The highest BCUT2D eigenvalue weighted by atomic mass is 16.6. The molecule has 9 heteroatoms. The van der Waals surface area contributed by atoms with Gasteiger partial charge in [0.1, 0.15) is 0 Å². The molecule has 1 aliphatic rings. The second kappa shape index (κ2) is 8.26. The van der Waals surface area contributed by atoms with E-state index in [4.69, 9.17) is 0 Å². The van der Waals surface area contributed by atoms with Crippen molar-refractivity contribution in [2.45, 2.75) is 45.2 Å². The predicted molar refractivity (Wildman–Crippen MR) is 99.5 cm³/mol. The molecule has 1 amide bonds. The first kappa shape index (κ1) is 19.0. The van der Waals surface area contributed by atoms with Crippen LogP contribution in [0, 0.1) is 17.0 Å². The molecule has 2 aromatic rings. The van der Waals surface area contributed by atoms with Gasteiger partial charge in [-0.3, -0.25) is 14.9 Å². The Hall–Kier alpha value is -2.81.